The lowest BCUT2D eigenvalue weighted by Gasteiger charge is -2.44. The van der Waals surface area contributed by atoms with Crippen LogP contribution in [0, 0.1) is 5.41 Å². The molecule has 1 fully saturated rings. The van der Waals surface area contributed by atoms with Gasteiger partial charge >= 0.3 is 5.97 Å². The maximum atomic E-state index is 11.7. The van der Waals surface area contributed by atoms with Crippen LogP contribution in [0.1, 0.15) is 47.5 Å². The zero-order valence-electron chi connectivity index (χ0n) is 12.8. The third-order valence-electron chi connectivity index (χ3n) is 4.26. The van der Waals surface area contributed by atoms with Gasteiger partial charge in [-0.15, -0.1) is 0 Å². The van der Waals surface area contributed by atoms with E-state index in [4.69, 9.17) is 9.47 Å². The Morgan fingerprint density at radius 2 is 2.00 bits per heavy atom. The van der Waals surface area contributed by atoms with Crippen molar-refractivity contribution < 1.29 is 19.4 Å². The molecule has 3 atom stereocenters. The van der Waals surface area contributed by atoms with Crippen LogP contribution in [0.3, 0.4) is 0 Å². The first-order valence-electron chi connectivity index (χ1n) is 6.78. The molecule has 1 aliphatic rings. The number of esters is 1. The number of allylic oxidation sites excluding steroid dienone is 1. The Morgan fingerprint density at radius 1 is 1.42 bits per heavy atom. The summed E-state index contributed by atoms with van der Waals surface area (Å²) in [6, 6.07) is 0. The first-order valence-corrected chi connectivity index (χ1v) is 6.78. The molecule has 4 heteroatoms. The highest BCUT2D eigenvalue weighted by molar-refractivity contribution is 5.89. The average Bonchev–Trinajstić information content (AvgIpc) is 2.32. The van der Waals surface area contributed by atoms with E-state index in [1.54, 1.807) is 0 Å². The topological polar surface area (TPSA) is 55.8 Å². The third-order valence-corrected chi connectivity index (χ3v) is 4.26. The molecule has 1 saturated heterocycles. The number of carbonyl (C=O) groups excluding carboxylic acids is 1. The molecule has 4 nitrogen and oxygen atoms in total. The number of carbonyl (C=O) groups is 1. The second-order valence-electron chi connectivity index (χ2n) is 6.15. The minimum Gasteiger partial charge on any atom is -0.466 e. The highest BCUT2D eigenvalue weighted by Crippen LogP contribution is 2.37. The molecule has 1 heterocycles. The van der Waals surface area contributed by atoms with Gasteiger partial charge in [-0.2, -0.15) is 0 Å². The van der Waals surface area contributed by atoms with Crippen LogP contribution in [0.25, 0.3) is 0 Å². The Morgan fingerprint density at radius 3 is 2.42 bits per heavy atom. The molecule has 1 aliphatic heterocycles. The molecule has 0 bridgehead atoms. The summed E-state index contributed by atoms with van der Waals surface area (Å²) in [4.78, 5) is 11.7. The SMILES string of the molecule is COC(=O)C(C[C@@H]1C[C@H](O)C(C)(C)C(C)O1)=C(C)C. The van der Waals surface area contributed by atoms with Crippen molar-refractivity contribution in [3.05, 3.63) is 11.1 Å². The van der Waals surface area contributed by atoms with Gasteiger partial charge in [0.2, 0.25) is 0 Å². The Bertz CT molecular complexity index is 352. The van der Waals surface area contributed by atoms with Crippen LogP contribution in [0.15, 0.2) is 11.1 Å². The molecule has 19 heavy (non-hydrogen) atoms. The van der Waals surface area contributed by atoms with E-state index >= 15 is 0 Å². The minimum absolute atomic E-state index is 0.0442. The van der Waals surface area contributed by atoms with Gasteiger partial charge in [0, 0.05) is 23.8 Å². The predicted molar refractivity (Wildman–Crippen MR) is 73.7 cm³/mol. The van der Waals surface area contributed by atoms with Crippen LogP contribution in [-0.2, 0) is 14.3 Å². The molecular weight excluding hydrogens is 244 g/mol. The quantitative estimate of drug-likeness (QED) is 0.632. The second-order valence-corrected chi connectivity index (χ2v) is 6.15. The fourth-order valence-corrected chi connectivity index (χ4v) is 2.32. The number of methoxy groups -OCH3 is 1. The van der Waals surface area contributed by atoms with Crippen molar-refractivity contribution in [1.82, 2.24) is 0 Å². The highest BCUT2D eigenvalue weighted by Gasteiger charge is 2.42. The van der Waals surface area contributed by atoms with Crippen molar-refractivity contribution in [2.24, 2.45) is 5.41 Å². The van der Waals surface area contributed by atoms with Gasteiger partial charge in [-0.1, -0.05) is 19.4 Å². The normalized spacial score (nSPS) is 29.7. The van der Waals surface area contributed by atoms with Crippen molar-refractivity contribution >= 4 is 5.97 Å². The summed E-state index contributed by atoms with van der Waals surface area (Å²) in [5.41, 5.74) is 1.32. The molecule has 0 aromatic carbocycles. The molecule has 0 radical (unpaired) electrons. The average molecular weight is 270 g/mol. The van der Waals surface area contributed by atoms with E-state index in [-0.39, 0.29) is 23.6 Å². The van der Waals surface area contributed by atoms with E-state index in [1.165, 1.54) is 7.11 Å². The van der Waals surface area contributed by atoms with Crippen LogP contribution in [-0.4, -0.2) is 36.5 Å². The van der Waals surface area contributed by atoms with E-state index in [0.29, 0.717) is 18.4 Å². The lowest BCUT2D eigenvalue weighted by atomic mass is 9.76. The first kappa shape index (κ1) is 16.2. The van der Waals surface area contributed by atoms with Crippen LogP contribution < -0.4 is 0 Å². The molecule has 0 saturated carbocycles. The van der Waals surface area contributed by atoms with Crippen molar-refractivity contribution in [1.29, 1.82) is 0 Å². The number of ether oxygens (including phenoxy) is 2. The first-order chi connectivity index (χ1) is 8.70. The molecule has 1 unspecified atom stereocenters. The van der Waals surface area contributed by atoms with Gasteiger partial charge in [-0.05, 0) is 20.8 Å². The second kappa shape index (κ2) is 6.06. The fourth-order valence-electron chi connectivity index (χ4n) is 2.32. The number of hydrogen-bond acceptors (Lipinski definition) is 4. The summed E-state index contributed by atoms with van der Waals surface area (Å²) in [6.45, 7) is 9.74. The lowest BCUT2D eigenvalue weighted by Crippen LogP contribution is -2.49. The van der Waals surface area contributed by atoms with E-state index in [2.05, 4.69) is 0 Å². The van der Waals surface area contributed by atoms with Gasteiger partial charge < -0.3 is 14.6 Å². The summed E-state index contributed by atoms with van der Waals surface area (Å²) in [5, 5.41) is 10.2. The van der Waals surface area contributed by atoms with Crippen LogP contribution in [0.4, 0.5) is 0 Å². The zero-order valence-corrected chi connectivity index (χ0v) is 12.8. The smallest absolute Gasteiger partial charge is 0.333 e. The summed E-state index contributed by atoms with van der Waals surface area (Å²) >= 11 is 0. The molecule has 0 aliphatic carbocycles. The number of hydrogen-bond donors (Lipinski definition) is 1. The fraction of sp³-hybridized carbons (Fsp3) is 0.800. The van der Waals surface area contributed by atoms with Crippen molar-refractivity contribution in [2.75, 3.05) is 7.11 Å². The van der Waals surface area contributed by atoms with Crippen molar-refractivity contribution in [3.63, 3.8) is 0 Å². The van der Waals surface area contributed by atoms with E-state index < -0.39 is 6.10 Å². The lowest BCUT2D eigenvalue weighted by molar-refractivity contribution is -0.166. The van der Waals surface area contributed by atoms with E-state index in [1.807, 2.05) is 34.6 Å². The van der Waals surface area contributed by atoms with E-state index in [9.17, 15) is 9.90 Å². The van der Waals surface area contributed by atoms with Gasteiger partial charge in [0.25, 0.3) is 0 Å². The molecular formula is C15H26O4. The number of aliphatic hydroxyl groups excluding tert-OH is 1. The number of aliphatic hydroxyl groups is 1. The monoisotopic (exact) mass is 270 g/mol. The predicted octanol–water partition coefficient (Wildman–Crippen LogP) is 2.45. The minimum atomic E-state index is -0.419. The Kier molecular flexibility index (Phi) is 5.16. The van der Waals surface area contributed by atoms with Gasteiger partial charge in [0.1, 0.15) is 0 Å². The molecule has 1 N–H and O–H groups in total. The molecule has 0 amide bonds. The number of rotatable bonds is 3. The largest absolute Gasteiger partial charge is 0.466 e. The summed E-state index contributed by atoms with van der Waals surface area (Å²) < 4.78 is 10.7. The van der Waals surface area contributed by atoms with Gasteiger partial charge in [-0.3, -0.25) is 0 Å². The Hall–Kier alpha value is -0.870. The molecule has 110 valence electrons. The van der Waals surface area contributed by atoms with Gasteiger partial charge in [0.05, 0.1) is 25.4 Å². The van der Waals surface area contributed by atoms with Crippen molar-refractivity contribution in [3.8, 4) is 0 Å². The Labute approximate surface area is 115 Å². The highest BCUT2D eigenvalue weighted by atomic mass is 16.5. The van der Waals surface area contributed by atoms with Crippen LogP contribution in [0.2, 0.25) is 0 Å². The zero-order chi connectivity index (χ0) is 14.8. The molecule has 0 aromatic rings. The maximum absolute atomic E-state index is 11.7. The van der Waals surface area contributed by atoms with Crippen LogP contribution >= 0.6 is 0 Å². The molecule has 1 rings (SSSR count). The Balaban J connectivity index is 2.79. The molecule has 0 aromatic heterocycles. The van der Waals surface area contributed by atoms with Gasteiger partial charge in [0.15, 0.2) is 0 Å². The summed E-state index contributed by atoms with van der Waals surface area (Å²) in [5.74, 6) is -0.310. The standard InChI is InChI=1S/C15H26O4/c1-9(2)12(14(17)18-6)7-11-8-13(16)15(4,5)10(3)19-11/h10-11,13,16H,7-8H2,1-6H3/t10?,11-,13+/m1/s1. The van der Waals surface area contributed by atoms with Crippen LogP contribution in [0.5, 0.6) is 0 Å². The van der Waals surface area contributed by atoms with E-state index in [0.717, 1.165) is 5.57 Å². The summed E-state index contributed by atoms with van der Waals surface area (Å²) in [6.07, 6.45) is 0.439. The maximum Gasteiger partial charge on any atom is 0.333 e. The molecule has 0 spiro atoms. The van der Waals surface area contributed by atoms with Gasteiger partial charge in [-0.25, -0.2) is 4.79 Å². The van der Waals surface area contributed by atoms with Crippen molar-refractivity contribution in [2.45, 2.75) is 65.8 Å². The summed E-state index contributed by atoms with van der Waals surface area (Å²) in [7, 11) is 1.38. The third kappa shape index (κ3) is 3.57.